The average molecular weight is 282 g/mol. The van der Waals surface area contributed by atoms with Gasteiger partial charge in [0.1, 0.15) is 6.04 Å². The molecule has 2 rings (SSSR count). The zero-order chi connectivity index (χ0) is 14.4. The molecule has 0 radical (unpaired) electrons. The van der Waals surface area contributed by atoms with Crippen LogP contribution in [-0.4, -0.2) is 49.2 Å². The van der Waals surface area contributed by atoms with Gasteiger partial charge in [0.05, 0.1) is 6.61 Å². The molecule has 116 valence electrons. The molecule has 0 aliphatic carbocycles. The highest BCUT2D eigenvalue weighted by atomic mass is 16.5. The van der Waals surface area contributed by atoms with Crippen LogP contribution in [0.25, 0.3) is 0 Å². The van der Waals surface area contributed by atoms with Crippen molar-refractivity contribution >= 4 is 5.97 Å². The van der Waals surface area contributed by atoms with Crippen LogP contribution >= 0.6 is 0 Å². The van der Waals surface area contributed by atoms with E-state index >= 15 is 0 Å². The lowest BCUT2D eigenvalue weighted by atomic mass is 9.88. The van der Waals surface area contributed by atoms with Crippen LogP contribution < -0.4 is 5.32 Å². The number of hydrogen-bond donors (Lipinski definition) is 1. The Morgan fingerprint density at radius 1 is 1.35 bits per heavy atom. The van der Waals surface area contributed by atoms with Crippen LogP contribution in [0.2, 0.25) is 0 Å². The molecule has 0 spiro atoms. The summed E-state index contributed by atoms with van der Waals surface area (Å²) in [6, 6.07) is 0.645. The van der Waals surface area contributed by atoms with E-state index in [2.05, 4.69) is 17.1 Å². The molecule has 2 aliphatic rings. The van der Waals surface area contributed by atoms with Crippen molar-refractivity contribution in [1.29, 1.82) is 0 Å². The quantitative estimate of drug-likeness (QED) is 0.758. The van der Waals surface area contributed by atoms with Crippen molar-refractivity contribution in [1.82, 2.24) is 10.2 Å². The number of likely N-dealkylation sites (tertiary alicyclic amines) is 1. The second-order valence-electron chi connectivity index (χ2n) is 6.16. The summed E-state index contributed by atoms with van der Waals surface area (Å²) in [6.07, 6.45) is 7.07. The van der Waals surface area contributed by atoms with Crippen molar-refractivity contribution in [3.63, 3.8) is 0 Å². The first-order valence-corrected chi connectivity index (χ1v) is 8.40. The smallest absolute Gasteiger partial charge is 0.323 e. The standard InChI is InChI=1S/C16H30N2O2/c1-3-7-15(16(19)20-4-2)18-11-6-8-13(12-18)14-9-5-10-17-14/h13-15,17H,3-12H2,1-2H3. The molecule has 2 fully saturated rings. The fourth-order valence-corrected chi connectivity index (χ4v) is 3.73. The van der Waals surface area contributed by atoms with E-state index in [4.69, 9.17) is 4.74 Å². The first-order chi connectivity index (χ1) is 9.76. The molecule has 20 heavy (non-hydrogen) atoms. The minimum Gasteiger partial charge on any atom is -0.465 e. The Hall–Kier alpha value is -0.610. The summed E-state index contributed by atoms with van der Waals surface area (Å²) in [6.45, 7) is 7.79. The first kappa shape index (κ1) is 15.8. The number of nitrogens with zero attached hydrogens (tertiary/aromatic N) is 1. The molecule has 2 heterocycles. The van der Waals surface area contributed by atoms with Crippen molar-refractivity contribution in [2.24, 2.45) is 5.92 Å². The third kappa shape index (κ3) is 3.95. The molecule has 0 saturated carbocycles. The largest absolute Gasteiger partial charge is 0.465 e. The van der Waals surface area contributed by atoms with Gasteiger partial charge in [-0.15, -0.1) is 0 Å². The Labute approximate surface area is 123 Å². The van der Waals surface area contributed by atoms with Crippen LogP contribution in [0.5, 0.6) is 0 Å². The summed E-state index contributed by atoms with van der Waals surface area (Å²) in [5, 5.41) is 3.63. The number of nitrogens with one attached hydrogen (secondary N) is 1. The van der Waals surface area contributed by atoms with Crippen LogP contribution in [0.4, 0.5) is 0 Å². The molecule has 2 aliphatic heterocycles. The topological polar surface area (TPSA) is 41.6 Å². The summed E-state index contributed by atoms with van der Waals surface area (Å²) in [4.78, 5) is 14.6. The number of rotatable bonds is 6. The maximum Gasteiger partial charge on any atom is 0.323 e. The predicted octanol–water partition coefficient (Wildman–Crippen LogP) is 2.18. The van der Waals surface area contributed by atoms with Crippen LogP contribution in [0.1, 0.15) is 52.4 Å². The maximum atomic E-state index is 12.2. The van der Waals surface area contributed by atoms with Gasteiger partial charge < -0.3 is 10.1 Å². The van der Waals surface area contributed by atoms with Crippen LogP contribution in [0, 0.1) is 5.92 Å². The second kappa shape index (κ2) is 7.99. The Kier molecular flexibility index (Phi) is 6.30. The van der Waals surface area contributed by atoms with E-state index in [-0.39, 0.29) is 12.0 Å². The van der Waals surface area contributed by atoms with E-state index in [1.807, 2.05) is 6.92 Å². The van der Waals surface area contributed by atoms with Gasteiger partial charge in [0.25, 0.3) is 0 Å². The van der Waals surface area contributed by atoms with E-state index in [1.165, 1.54) is 25.7 Å². The van der Waals surface area contributed by atoms with Gasteiger partial charge >= 0.3 is 5.97 Å². The van der Waals surface area contributed by atoms with Crippen molar-refractivity contribution in [2.45, 2.75) is 64.5 Å². The van der Waals surface area contributed by atoms with Gasteiger partial charge in [-0.25, -0.2) is 0 Å². The summed E-state index contributed by atoms with van der Waals surface area (Å²) >= 11 is 0. The lowest BCUT2D eigenvalue weighted by molar-refractivity contribution is -0.150. The summed E-state index contributed by atoms with van der Waals surface area (Å²) in [5.41, 5.74) is 0. The van der Waals surface area contributed by atoms with E-state index in [0.29, 0.717) is 18.6 Å². The Morgan fingerprint density at radius 3 is 2.85 bits per heavy atom. The molecule has 3 atom stereocenters. The molecule has 3 unspecified atom stereocenters. The van der Waals surface area contributed by atoms with Gasteiger partial charge in [-0.05, 0) is 58.0 Å². The van der Waals surface area contributed by atoms with Gasteiger partial charge in [0, 0.05) is 12.6 Å². The number of carbonyl (C=O) groups is 1. The fraction of sp³-hybridized carbons (Fsp3) is 0.938. The highest BCUT2D eigenvalue weighted by Crippen LogP contribution is 2.27. The Bertz CT molecular complexity index is 303. The lowest BCUT2D eigenvalue weighted by Gasteiger charge is -2.39. The molecular weight excluding hydrogens is 252 g/mol. The van der Waals surface area contributed by atoms with E-state index in [1.54, 1.807) is 0 Å². The number of esters is 1. The molecule has 0 bridgehead atoms. The summed E-state index contributed by atoms with van der Waals surface area (Å²) in [5.74, 6) is 0.689. The molecule has 0 aromatic carbocycles. The van der Waals surface area contributed by atoms with Crippen molar-refractivity contribution in [3.05, 3.63) is 0 Å². The Morgan fingerprint density at radius 2 is 2.20 bits per heavy atom. The SMILES string of the molecule is CCCC(C(=O)OCC)N1CCCC(C2CCCN2)C1. The highest BCUT2D eigenvalue weighted by Gasteiger charge is 2.34. The molecule has 4 heteroatoms. The first-order valence-electron chi connectivity index (χ1n) is 8.40. The van der Waals surface area contributed by atoms with Gasteiger partial charge in [-0.2, -0.15) is 0 Å². The minimum absolute atomic E-state index is 0.0191. The van der Waals surface area contributed by atoms with Gasteiger partial charge in [-0.3, -0.25) is 9.69 Å². The van der Waals surface area contributed by atoms with E-state index < -0.39 is 0 Å². The third-order valence-corrected chi connectivity index (χ3v) is 4.72. The summed E-state index contributed by atoms with van der Waals surface area (Å²) in [7, 11) is 0. The van der Waals surface area contributed by atoms with Gasteiger partial charge in [-0.1, -0.05) is 13.3 Å². The zero-order valence-corrected chi connectivity index (χ0v) is 13.1. The number of piperidine rings is 1. The monoisotopic (exact) mass is 282 g/mol. The lowest BCUT2D eigenvalue weighted by Crippen LogP contribution is -2.50. The molecule has 2 saturated heterocycles. The minimum atomic E-state index is -0.0239. The van der Waals surface area contributed by atoms with E-state index in [9.17, 15) is 4.79 Å². The molecule has 0 aromatic rings. The predicted molar refractivity (Wildman–Crippen MR) is 80.7 cm³/mol. The van der Waals surface area contributed by atoms with Gasteiger partial charge in [0.2, 0.25) is 0 Å². The number of carbonyl (C=O) groups excluding carboxylic acids is 1. The Balaban J connectivity index is 1.94. The highest BCUT2D eigenvalue weighted by molar-refractivity contribution is 5.75. The second-order valence-corrected chi connectivity index (χ2v) is 6.16. The average Bonchev–Trinajstić information content (AvgIpc) is 2.99. The molecular formula is C16H30N2O2. The van der Waals surface area contributed by atoms with Crippen molar-refractivity contribution in [3.8, 4) is 0 Å². The number of hydrogen-bond acceptors (Lipinski definition) is 4. The third-order valence-electron chi connectivity index (χ3n) is 4.72. The maximum absolute atomic E-state index is 12.2. The van der Waals surface area contributed by atoms with Crippen molar-refractivity contribution < 1.29 is 9.53 Å². The zero-order valence-electron chi connectivity index (χ0n) is 13.1. The van der Waals surface area contributed by atoms with Crippen molar-refractivity contribution in [2.75, 3.05) is 26.2 Å². The van der Waals surface area contributed by atoms with Crippen LogP contribution in [0.3, 0.4) is 0 Å². The molecule has 0 amide bonds. The van der Waals surface area contributed by atoms with Crippen LogP contribution in [-0.2, 0) is 9.53 Å². The molecule has 4 nitrogen and oxygen atoms in total. The van der Waals surface area contributed by atoms with E-state index in [0.717, 1.165) is 32.5 Å². The number of ether oxygens (including phenoxy) is 1. The normalized spacial score (nSPS) is 29.3. The molecule has 1 N–H and O–H groups in total. The summed E-state index contributed by atoms with van der Waals surface area (Å²) < 4.78 is 5.27. The van der Waals surface area contributed by atoms with Crippen LogP contribution in [0.15, 0.2) is 0 Å². The fourth-order valence-electron chi connectivity index (χ4n) is 3.73. The van der Waals surface area contributed by atoms with Gasteiger partial charge in [0.15, 0.2) is 0 Å². The molecule has 0 aromatic heterocycles.